The molecule has 0 saturated heterocycles. The van der Waals surface area contributed by atoms with Crippen LogP contribution in [0.2, 0.25) is 0 Å². The molecule has 0 N–H and O–H groups in total. The minimum absolute atomic E-state index is 0.207. The summed E-state index contributed by atoms with van der Waals surface area (Å²) in [5, 5.41) is 0. The smallest absolute Gasteiger partial charge is 0.319 e. The average molecular weight is 411 g/mol. The summed E-state index contributed by atoms with van der Waals surface area (Å²) in [5.74, 6) is 0.871. The van der Waals surface area contributed by atoms with E-state index >= 15 is 0 Å². The highest BCUT2D eigenvalue weighted by molar-refractivity contribution is 5.74. The van der Waals surface area contributed by atoms with Gasteiger partial charge in [-0.05, 0) is 44.7 Å². The molecule has 0 atom stereocenters. The van der Waals surface area contributed by atoms with Crippen LogP contribution in [0.25, 0.3) is 16.9 Å². The standard InChI is InChI=1S/C24H34N4O2/c1-8-11-18(12-9-2)27-19(10-3)25-22-21(27)23(29)26(7)24(30)28(22)20-16(5)13-15(4)14-17(20)6/h13-14,18H,8-12H2,1-7H3. The van der Waals surface area contributed by atoms with Gasteiger partial charge < -0.3 is 4.57 Å². The van der Waals surface area contributed by atoms with Gasteiger partial charge in [0, 0.05) is 19.5 Å². The number of imidazole rings is 1. The van der Waals surface area contributed by atoms with Crippen LogP contribution < -0.4 is 11.2 Å². The van der Waals surface area contributed by atoms with Crippen molar-refractivity contribution >= 4 is 11.2 Å². The molecule has 2 aromatic heterocycles. The molecule has 0 aliphatic heterocycles. The molecule has 0 saturated carbocycles. The highest BCUT2D eigenvalue weighted by Gasteiger charge is 2.25. The molecule has 6 nitrogen and oxygen atoms in total. The Morgan fingerprint density at radius 3 is 2.03 bits per heavy atom. The second-order valence-electron chi connectivity index (χ2n) is 8.38. The summed E-state index contributed by atoms with van der Waals surface area (Å²) in [6, 6.07) is 4.35. The van der Waals surface area contributed by atoms with Crippen LogP contribution in [0.5, 0.6) is 0 Å². The molecule has 0 bridgehead atoms. The van der Waals surface area contributed by atoms with Crippen molar-refractivity contribution in [1.82, 2.24) is 18.7 Å². The number of rotatable bonds is 7. The van der Waals surface area contributed by atoms with Gasteiger partial charge in [0.15, 0.2) is 11.2 Å². The highest BCUT2D eigenvalue weighted by Crippen LogP contribution is 2.28. The van der Waals surface area contributed by atoms with Crippen LogP contribution in [-0.2, 0) is 13.5 Å². The molecule has 3 aromatic rings. The van der Waals surface area contributed by atoms with E-state index in [1.54, 1.807) is 11.6 Å². The van der Waals surface area contributed by atoms with Gasteiger partial charge >= 0.3 is 5.69 Å². The van der Waals surface area contributed by atoms with E-state index in [1.807, 2.05) is 20.8 Å². The minimum Gasteiger partial charge on any atom is -0.319 e. The topological polar surface area (TPSA) is 61.8 Å². The second kappa shape index (κ2) is 8.62. The van der Waals surface area contributed by atoms with E-state index in [9.17, 15) is 9.59 Å². The zero-order valence-electron chi connectivity index (χ0n) is 19.4. The lowest BCUT2D eigenvalue weighted by atomic mass is 10.0. The van der Waals surface area contributed by atoms with Crippen molar-refractivity contribution < 1.29 is 0 Å². The van der Waals surface area contributed by atoms with Crippen LogP contribution in [0.4, 0.5) is 0 Å². The van der Waals surface area contributed by atoms with Crippen molar-refractivity contribution in [3.8, 4) is 5.69 Å². The summed E-state index contributed by atoms with van der Waals surface area (Å²) in [7, 11) is 1.57. The number of nitrogens with zero attached hydrogens (tertiary/aromatic N) is 4. The Balaban J connectivity index is 2.51. The van der Waals surface area contributed by atoms with Crippen LogP contribution in [0, 0.1) is 20.8 Å². The molecule has 1 aromatic carbocycles. The van der Waals surface area contributed by atoms with E-state index in [0.717, 1.165) is 53.9 Å². The first-order chi connectivity index (χ1) is 14.3. The number of aromatic nitrogens is 4. The van der Waals surface area contributed by atoms with Gasteiger partial charge in [0.1, 0.15) is 5.82 Å². The van der Waals surface area contributed by atoms with E-state index in [1.165, 1.54) is 4.57 Å². The molecule has 0 aliphatic rings. The predicted molar refractivity (Wildman–Crippen MR) is 123 cm³/mol. The monoisotopic (exact) mass is 410 g/mol. The quantitative estimate of drug-likeness (QED) is 0.575. The summed E-state index contributed by atoms with van der Waals surface area (Å²) < 4.78 is 5.00. The maximum Gasteiger partial charge on any atom is 0.337 e. The van der Waals surface area contributed by atoms with Gasteiger partial charge in [0.2, 0.25) is 0 Å². The zero-order chi connectivity index (χ0) is 22.2. The molecular weight excluding hydrogens is 376 g/mol. The number of hydrogen-bond donors (Lipinski definition) is 0. The van der Waals surface area contributed by atoms with Crippen molar-refractivity contribution in [1.29, 1.82) is 0 Å². The lowest BCUT2D eigenvalue weighted by molar-refractivity contribution is 0.423. The Hall–Kier alpha value is -2.63. The van der Waals surface area contributed by atoms with Gasteiger partial charge in [-0.1, -0.05) is 51.3 Å². The highest BCUT2D eigenvalue weighted by atomic mass is 16.2. The van der Waals surface area contributed by atoms with Crippen molar-refractivity contribution in [2.45, 2.75) is 79.7 Å². The maximum absolute atomic E-state index is 13.3. The third-order valence-corrected chi connectivity index (χ3v) is 5.95. The van der Waals surface area contributed by atoms with Crippen molar-refractivity contribution in [3.05, 3.63) is 55.5 Å². The van der Waals surface area contributed by atoms with Gasteiger partial charge in [-0.25, -0.2) is 14.3 Å². The lowest BCUT2D eigenvalue weighted by Gasteiger charge is -2.21. The molecule has 0 aliphatic carbocycles. The Labute approximate surface area is 178 Å². The minimum atomic E-state index is -0.350. The summed E-state index contributed by atoms with van der Waals surface area (Å²) in [6.07, 6.45) is 4.74. The summed E-state index contributed by atoms with van der Waals surface area (Å²) in [5.41, 5.74) is 4.37. The summed E-state index contributed by atoms with van der Waals surface area (Å²) in [4.78, 5) is 31.5. The number of benzene rings is 1. The summed E-state index contributed by atoms with van der Waals surface area (Å²) >= 11 is 0. The van der Waals surface area contributed by atoms with Crippen molar-refractivity contribution in [2.24, 2.45) is 7.05 Å². The van der Waals surface area contributed by atoms with E-state index in [0.29, 0.717) is 17.6 Å². The molecule has 0 amide bonds. The summed E-state index contributed by atoms with van der Waals surface area (Å²) in [6.45, 7) is 12.5. The first-order valence-electron chi connectivity index (χ1n) is 11.1. The van der Waals surface area contributed by atoms with Gasteiger partial charge in [-0.3, -0.25) is 9.36 Å². The third kappa shape index (κ3) is 3.53. The Morgan fingerprint density at radius 2 is 1.53 bits per heavy atom. The van der Waals surface area contributed by atoms with Crippen molar-refractivity contribution in [2.75, 3.05) is 0 Å². The normalized spacial score (nSPS) is 11.7. The SMILES string of the molecule is CCCC(CCC)n1c(CC)nc2c1c(=O)n(C)c(=O)n2-c1c(C)cc(C)cc1C. The van der Waals surface area contributed by atoms with Gasteiger partial charge in [0.05, 0.1) is 5.69 Å². The zero-order valence-corrected chi connectivity index (χ0v) is 19.4. The molecule has 0 radical (unpaired) electrons. The molecule has 6 heteroatoms. The van der Waals surface area contributed by atoms with Gasteiger partial charge in [0.25, 0.3) is 5.56 Å². The molecular formula is C24H34N4O2. The third-order valence-electron chi connectivity index (χ3n) is 5.95. The number of hydrogen-bond acceptors (Lipinski definition) is 3. The van der Waals surface area contributed by atoms with E-state index in [2.05, 4.69) is 37.5 Å². The van der Waals surface area contributed by atoms with E-state index in [-0.39, 0.29) is 17.3 Å². The largest absolute Gasteiger partial charge is 0.337 e. The van der Waals surface area contributed by atoms with Gasteiger partial charge in [-0.15, -0.1) is 0 Å². The first-order valence-corrected chi connectivity index (χ1v) is 11.1. The average Bonchev–Trinajstić information content (AvgIpc) is 3.07. The van der Waals surface area contributed by atoms with Gasteiger partial charge in [-0.2, -0.15) is 0 Å². The number of aryl methyl sites for hydroxylation is 4. The fraction of sp³-hybridized carbons (Fsp3) is 0.542. The predicted octanol–water partition coefficient (Wildman–Crippen LogP) is 4.51. The fourth-order valence-corrected chi connectivity index (χ4v) is 4.75. The van der Waals surface area contributed by atoms with E-state index in [4.69, 9.17) is 4.98 Å². The van der Waals surface area contributed by atoms with Crippen molar-refractivity contribution in [3.63, 3.8) is 0 Å². The maximum atomic E-state index is 13.3. The molecule has 2 heterocycles. The molecule has 0 fully saturated rings. The van der Waals surface area contributed by atoms with Crippen LogP contribution in [0.15, 0.2) is 21.7 Å². The van der Waals surface area contributed by atoms with Crippen LogP contribution in [0.1, 0.15) is 75.0 Å². The Bertz CT molecular complexity index is 1170. The number of fused-ring (bicyclic) bond motifs is 1. The molecule has 0 spiro atoms. The lowest BCUT2D eigenvalue weighted by Crippen LogP contribution is -2.38. The van der Waals surface area contributed by atoms with Crippen LogP contribution in [0.3, 0.4) is 0 Å². The Morgan fingerprint density at radius 1 is 0.967 bits per heavy atom. The first kappa shape index (κ1) is 22.1. The van der Waals surface area contributed by atoms with Crippen LogP contribution >= 0.6 is 0 Å². The molecule has 30 heavy (non-hydrogen) atoms. The molecule has 0 unspecified atom stereocenters. The second-order valence-corrected chi connectivity index (χ2v) is 8.38. The van der Waals surface area contributed by atoms with Crippen LogP contribution in [-0.4, -0.2) is 18.7 Å². The Kier molecular flexibility index (Phi) is 6.34. The molecule has 3 rings (SSSR count). The van der Waals surface area contributed by atoms with E-state index < -0.39 is 0 Å². The molecule has 162 valence electrons. The fourth-order valence-electron chi connectivity index (χ4n) is 4.75.